The molecule has 2 rings (SSSR count). The summed E-state index contributed by atoms with van der Waals surface area (Å²) in [6.45, 7) is 0. The Morgan fingerprint density at radius 1 is 1.29 bits per heavy atom. The summed E-state index contributed by atoms with van der Waals surface area (Å²) < 4.78 is 2.31. The second-order valence-electron chi connectivity index (χ2n) is 2.75. The van der Waals surface area contributed by atoms with E-state index in [1.54, 1.807) is 7.05 Å². The molecule has 2 heterocycles. The van der Waals surface area contributed by atoms with Crippen LogP contribution in [0.1, 0.15) is 0 Å². The zero-order valence-corrected chi connectivity index (χ0v) is 10.2. The van der Waals surface area contributed by atoms with Gasteiger partial charge in [-0.25, -0.2) is 14.8 Å². The Balaban J connectivity index is 0.000000980. The average Bonchev–Trinajstić information content (AvgIpc) is 2.59. The molecule has 7 heteroatoms. The Kier molecular flexibility index (Phi) is 2.98. The number of hydrogen-bond donors (Lipinski definition) is 0. The van der Waals surface area contributed by atoms with Gasteiger partial charge in [0.25, 0.3) is 0 Å². The van der Waals surface area contributed by atoms with Gasteiger partial charge in [-0.3, -0.25) is 4.57 Å². The first-order chi connectivity index (χ1) is 6.13. The molecule has 0 N–H and O–H groups in total. The Morgan fingerprint density at radius 2 is 1.93 bits per heavy atom. The summed E-state index contributed by atoms with van der Waals surface area (Å²) >= 11 is 0. The van der Waals surface area contributed by atoms with Gasteiger partial charge in [0.15, 0.2) is 5.82 Å². The van der Waals surface area contributed by atoms with Gasteiger partial charge >= 0.3 is 35.2 Å². The first-order valence-corrected chi connectivity index (χ1v) is 3.66. The van der Waals surface area contributed by atoms with Crippen LogP contribution in [0.25, 0.3) is 11.5 Å². The van der Waals surface area contributed by atoms with Crippen LogP contribution in [0.5, 0.6) is 5.88 Å². The molecule has 0 amide bonds. The Morgan fingerprint density at radius 3 is 2.57 bits per heavy atom. The normalized spacial score (nSPS) is 10.1. The molecule has 0 saturated heterocycles. The van der Waals surface area contributed by atoms with Crippen LogP contribution in [0.4, 0.5) is 0 Å². The Hall–Kier alpha value is -0.850. The topological polar surface area (TPSA) is 75.8 Å². The van der Waals surface area contributed by atoms with Gasteiger partial charge in [-0.15, -0.1) is 0 Å². The number of nitrogens with zero attached hydrogens (tertiary/aromatic N) is 4. The third kappa shape index (κ3) is 1.35. The van der Waals surface area contributed by atoms with E-state index in [0.29, 0.717) is 5.82 Å². The average molecular weight is 202 g/mol. The van der Waals surface area contributed by atoms with Crippen molar-refractivity contribution in [3.8, 4) is 17.4 Å². The molecule has 0 aromatic carbocycles. The molecule has 14 heavy (non-hydrogen) atoms. The van der Waals surface area contributed by atoms with Gasteiger partial charge in [0, 0.05) is 14.1 Å². The van der Waals surface area contributed by atoms with Crippen molar-refractivity contribution in [2.75, 3.05) is 0 Å². The van der Waals surface area contributed by atoms with Crippen molar-refractivity contribution in [2.24, 2.45) is 14.1 Å². The number of hydrogen-bond acceptors (Lipinski definition) is 4. The van der Waals surface area contributed by atoms with E-state index in [1.165, 1.54) is 17.9 Å². The number of aromatic nitrogens is 4. The predicted molar refractivity (Wildman–Crippen MR) is 42.3 cm³/mol. The quantitative estimate of drug-likeness (QED) is 0.405. The third-order valence-electron chi connectivity index (χ3n) is 1.98. The van der Waals surface area contributed by atoms with Crippen molar-refractivity contribution in [1.29, 1.82) is 0 Å². The van der Waals surface area contributed by atoms with E-state index >= 15 is 0 Å². The zero-order valence-electron chi connectivity index (χ0n) is 8.18. The van der Waals surface area contributed by atoms with Crippen molar-refractivity contribution in [1.82, 2.24) is 19.1 Å². The van der Waals surface area contributed by atoms with Gasteiger partial charge in [-0.2, -0.15) is 0 Å². The van der Waals surface area contributed by atoms with Crippen LogP contribution in [0.3, 0.4) is 0 Å². The molecular weight excluding hydrogens is 195 g/mol. The van der Waals surface area contributed by atoms with Gasteiger partial charge in [0.1, 0.15) is 12.0 Å². The smallest absolute Gasteiger partial charge is 0.858 e. The fourth-order valence-corrected chi connectivity index (χ4v) is 1.22. The fourth-order valence-electron chi connectivity index (χ4n) is 1.22. The first kappa shape index (κ1) is 11.2. The van der Waals surface area contributed by atoms with E-state index in [0.717, 1.165) is 4.57 Å². The molecule has 0 radical (unpaired) electrons. The Labute approximate surface area is 102 Å². The number of rotatable bonds is 0. The monoisotopic (exact) mass is 202 g/mol. The van der Waals surface area contributed by atoms with Gasteiger partial charge in [0.2, 0.25) is 0 Å². The molecule has 0 spiro atoms. The zero-order chi connectivity index (χ0) is 9.59. The number of imidazole rings is 1. The maximum atomic E-state index is 11.4. The predicted octanol–water partition coefficient (Wildman–Crippen LogP) is -4.30. The van der Waals surface area contributed by atoms with Crippen LogP contribution in [0.2, 0.25) is 0 Å². The van der Waals surface area contributed by atoms with E-state index in [9.17, 15) is 9.90 Å². The second-order valence-corrected chi connectivity index (χ2v) is 2.75. The van der Waals surface area contributed by atoms with Gasteiger partial charge < -0.3 is 9.67 Å². The summed E-state index contributed by atoms with van der Waals surface area (Å²) in [5.74, 6) is -0.0799. The second kappa shape index (κ2) is 3.72. The minimum atomic E-state index is -0.407. The van der Waals surface area contributed by atoms with E-state index in [4.69, 9.17) is 0 Å². The fraction of sp³-hybridized carbons (Fsp3) is 0.286. The molecule has 0 bridgehead atoms. The van der Waals surface area contributed by atoms with Crippen LogP contribution >= 0.6 is 0 Å². The van der Waals surface area contributed by atoms with Crippen molar-refractivity contribution in [3.05, 3.63) is 16.8 Å². The standard InChI is InChI=1S/C7H8N4O2.Na/c1-10-5-4(8-3-9-5)6(12)11(2)7(10)13;/h3,12H,1-2H3;/q;+1/p-1. The summed E-state index contributed by atoms with van der Waals surface area (Å²) in [5, 5.41) is 11.4. The molecule has 2 aliphatic rings. The Bertz CT molecular complexity index is 489. The molecule has 6 nitrogen and oxygen atoms in total. The SMILES string of the molecule is Cn1c2ncnc-2c([O-])n(C)c1=O.[Na+]. The van der Waals surface area contributed by atoms with E-state index in [2.05, 4.69) is 9.97 Å². The van der Waals surface area contributed by atoms with Crippen molar-refractivity contribution in [3.63, 3.8) is 0 Å². The van der Waals surface area contributed by atoms with Crippen LogP contribution in [0.15, 0.2) is 11.1 Å². The van der Waals surface area contributed by atoms with Crippen LogP contribution in [-0.4, -0.2) is 19.1 Å². The van der Waals surface area contributed by atoms with Crippen molar-refractivity contribution in [2.45, 2.75) is 0 Å². The largest absolute Gasteiger partial charge is 1.00 e. The molecule has 68 valence electrons. The molecule has 2 aliphatic heterocycles. The molecule has 0 aromatic rings. The van der Waals surface area contributed by atoms with Crippen LogP contribution in [-0.2, 0) is 14.1 Å². The van der Waals surface area contributed by atoms with Gasteiger partial charge in [-0.05, 0) is 5.88 Å². The minimum Gasteiger partial charge on any atom is -0.858 e. The maximum Gasteiger partial charge on any atom is 1.00 e. The summed E-state index contributed by atoms with van der Waals surface area (Å²) in [4.78, 5) is 19.0. The van der Waals surface area contributed by atoms with Crippen LogP contribution in [0, 0.1) is 0 Å². The molecule has 0 atom stereocenters. The third-order valence-corrected chi connectivity index (χ3v) is 1.98. The molecular formula is C7H7N4NaO2. The maximum absolute atomic E-state index is 11.4. The molecule has 0 unspecified atom stereocenters. The summed E-state index contributed by atoms with van der Waals surface area (Å²) in [6, 6.07) is 0. The molecule has 0 saturated carbocycles. The van der Waals surface area contributed by atoms with E-state index < -0.39 is 11.6 Å². The summed E-state index contributed by atoms with van der Waals surface area (Å²) in [7, 11) is 2.97. The minimum absolute atomic E-state index is 0. The van der Waals surface area contributed by atoms with E-state index in [1.807, 2.05) is 0 Å². The molecule has 0 aliphatic carbocycles. The molecule has 0 aromatic heterocycles. The summed E-state index contributed by atoms with van der Waals surface area (Å²) in [5.41, 5.74) is -0.164. The van der Waals surface area contributed by atoms with Crippen LogP contribution < -0.4 is 40.4 Å². The van der Waals surface area contributed by atoms with Crippen molar-refractivity contribution >= 4 is 0 Å². The molecule has 0 fully saturated rings. The van der Waals surface area contributed by atoms with E-state index in [-0.39, 0.29) is 35.3 Å². The van der Waals surface area contributed by atoms with Crippen molar-refractivity contribution < 1.29 is 34.7 Å². The first-order valence-electron chi connectivity index (χ1n) is 3.66. The number of fused-ring (bicyclic) bond motifs is 1. The summed E-state index contributed by atoms with van der Waals surface area (Å²) in [6.07, 6.45) is 1.27. The van der Waals surface area contributed by atoms with Gasteiger partial charge in [0.05, 0.1) is 0 Å². The van der Waals surface area contributed by atoms with Gasteiger partial charge in [-0.1, -0.05) is 0 Å².